The van der Waals surface area contributed by atoms with Gasteiger partial charge in [0.2, 0.25) is 15.9 Å². The Morgan fingerprint density at radius 2 is 1.71 bits per heavy atom. The Balaban J connectivity index is 1.56. The van der Waals surface area contributed by atoms with Crippen molar-refractivity contribution in [2.24, 2.45) is 0 Å². The van der Waals surface area contributed by atoms with Crippen molar-refractivity contribution in [2.75, 3.05) is 52.5 Å². The lowest BCUT2D eigenvalue weighted by atomic mass is 10.1. The van der Waals surface area contributed by atoms with Gasteiger partial charge in [0.05, 0.1) is 11.5 Å². The first-order valence-corrected chi connectivity index (χ1v) is 12.9. The van der Waals surface area contributed by atoms with Crippen molar-refractivity contribution in [1.82, 2.24) is 14.1 Å². The van der Waals surface area contributed by atoms with Crippen molar-refractivity contribution in [2.45, 2.75) is 57.9 Å². The molecule has 0 radical (unpaired) electrons. The summed E-state index contributed by atoms with van der Waals surface area (Å²) in [5, 5.41) is 0. The molecule has 1 aromatic rings. The van der Waals surface area contributed by atoms with E-state index in [1.54, 1.807) is 4.31 Å². The fourth-order valence-corrected chi connectivity index (χ4v) is 6.99. The molecule has 0 bridgehead atoms. The third kappa shape index (κ3) is 5.66. The molecule has 2 fully saturated rings. The zero-order valence-electron chi connectivity index (χ0n) is 19.4. The van der Waals surface area contributed by atoms with Crippen molar-refractivity contribution in [1.29, 1.82) is 0 Å². The summed E-state index contributed by atoms with van der Waals surface area (Å²) in [6, 6.07) is 3.61. The number of amides is 1. The van der Waals surface area contributed by atoms with E-state index in [2.05, 4.69) is 11.8 Å². The van der Waals surface area contributed by atoms with Crippen LogP contribution < -0.4 is 0 Å². The van der Waals surface area contributed by atoms with Crippen LogP contribution in [0.1, 0.15) is 42.9 Å². The molecule has 3 rings (SSSR count). The van der Waals surface area contributed by atoms with Crippen LogP contribution in [0, 0.1) is 20.8 Å². The van der Waals surface area contributed by atoms with Gasteiger partial charge in [-0.1, -0.05) is 24.6 Å². The van der Waals surface area contributed by atoms with Gasteiger partial charge in [-0.2, -0.15) is 4.31 Å². The summed E-state index contributed by atoms with van der Waals surface area (Å²) < 4.78 is 34.1. The van der Waals surface area contributed by atoms with Gasteiger partial charge >= 0.3 is 0 Å². The highest BCUT2D eigenvalue weighted by Gasteiger charge is 2.37. The molecule has 0 saturated carbocycles. The van der Waals surface area contributed by atoms with Crippen molar-refractivity contribution in [3.63, 3.8) is 0 Å². The molecule has 2 aliphatic heterocycles. The molecule has 0 aliphatic carbocycles. The minimum Gasteiger partial charge on any atom is -0.370 e. The second-order valence-electron chi connectivity index (χ2n) is 8.88. The highest BCUT2D eigenvalue weighted by molar-refractivity contribution is 7.89. The number of hydrogen-bond acceptors (Lipinski definition) is 5. The summed E-state index contributed by atoms with van der Waals surface area (Å²) in [4.78, 5) is 17.1. The minimum absolute atomic E-state index is 0.00576. The molecule has 1 aromatic carbocycles. The van der Waals surface area contributed by atoms with Crippen LogP contribution in [-0.2, 0) is 19.6 Å². The van der Waals surface area contributed by atoms with E-state index in [0.29, 0.717) is 11.4 Å². The Labute approximate surface area is 187 Å². The fourth-order valence-electron chi connectivity index (χ4n) is 4.89. The summed E-state index contributed by atoms with van der Waals surface area (Å²) in [7, 11) is -3.60. The standard InChI is InChI=1S/C23H37N3O4S/c1-5-8-24-10-12-25(13-11-24)22(27)17-30-16-21-7-6-9-26(21)31(28,29)23-19(3)14-18(2)15-20(23)4/h14-15,21H,5-13,16-17H2,1-4H3/t21-/m0/s1. The van der Waals surface area contributed by atoms with Crippen LogP contribution in [0.25, 0.3) is 0 Å². The zero-order valence-corrected chi connectivity index (χ0v) is 20.2. The third-order valence-corrected chi connectivity index (χ3v) is 8.55. The van der Waals surface area contributed by atoms with Crippen LogP contribution in [0.15, 0.2) is 17.0 Å². The number of carbonyl (C=O) groups is 1. The molecule has 0 unspecified atom stereocenters. The Bertz CT molecular complexity index is 856. The summed E-state index contributed by atoms with van der Waals surface area (Å²) in [6.07, 6.45) is 2.69. The van der Waals surface area contributed by atoms with E-state index in [1.807, 2.05) is 37.8 Å². The van der Waals surface area contributed by atoms with Gasteiger partial charge in [-0.15, -0.1) is 0 Å². The monoisotopic (exact) mass is 451 g/mol. The topological polar surface area (TPSA) is 70.2 Å². The zero-order chi connectivity index (χ0) is 22.6. The number of ether oxygens (including phenoxy) is 1. The van der Waals surface area contributed by atoms with Gasteiger partial charge in [0, 0.05) is 38.8 Å². The average Bonchev–Trinajstić information content (AvgIpc) is 3.17. The summed E-state index contributed by atoms with van der Waals surface area (Å²) >= 11 is 0. The summed E-state index contributed by atoms with van der Waals surface area (Å²) in [6.45, 7) is 13.0. The van der Waals surface area contributed by atoms with E-state index in [0.717, 1.165) is 68.7 Å². The predicted octanol–water partition coefficient (Wildman–Crippen LogP) is 2.34. The smallest absolute Gasteiger partial charge is 0.248 e. The second kappa shape index (κ2) is 10.4. The maximum absolute atomic E-state index is 13.4. The molecule has 8 heteroatoms. The maximum atomic E-state index is 13.4. The Morgan fingerprint density at radius 1 is 1.06 bits per heavy atom. The minimum atomic E-state index is -3.60. The SMILES string of the molecule is CCCN1CCN(C(=O)COC[C@@H]2CCCN2S(=O)(=O)c2c(C)cc(C)cc2C)CC1. The molecule has 174 valence electrons. The van der Waals surface area contributed by atoms with Crippen molar-refractivity contribution < 1.29 is 17.9 Å². The Hall–Kier alpha value is -1.48. The Morgan fingerprint density at radius 3 is 2.32 bits per heavy atom. The normalized spacial score (nSPS) is 21.0. The summed E-state index contributed by atoms with van der Waals surface area (Å²) in [5.41, 5.74) is 2.62. The van der Waals surface area contributed by atoms with Crippen LogP contribution >= 0.6 is 0 Å². The first-order valence-electron chi connectivity index (χ1n) is 11.4. The number of piperazine rings is 1. The lowest BCUT2D eigenvalue weighted by Gasteiger charge is -2.34. The summed E-state index contributed by atoms with van der Waals surface area (Å²) in [5.74, 6) is -0.00576. The molecule has 31 heavy (non-hydrogen) atoms. The fraction of sp³-hybridized carbons (Fsp3) is 0.696. The van der Waals surface area contributed by atoms with E-state index in [9.17, 15) is 13.2 Å². The van der Waals surface area contributed by atoms with Crippen LogP contribution in [-0.4, -0.2) is 87.0 Å². The predicted molar refractivity (Wildman–Crippen MR) is 122 cm³/mol. The van der Waals surface area contributed by atoms with Gasteiger partial charge in [0.25, 0.3) is 0 Å². The molecular formula is C23H37N3O4S. The molecule has 1 amide bonds. The number of carbonyl (C=O) groups excluding carboxylic acids is 1. The quantitative estimate of drug-likeness (QED) is 0.607. The highest BCUT2D eigenvalue weighted by Crippen LogP contribution is 2.30. The number of hydrogen-bond donors (Lipinski definition) is 0. The van der Waals surface area contributed by atoms with E-state index in [4.69, 9.17) is 4.74 Å². The molecule has 2 aliphatic rings. The molecule has 2 heterocycles. The van der Waals surface area contributed by atoms with Crippen molar-refractivity contribution >= 4 is 15.9 Å². The van der Waals surface area contributed by atoms with E-state index < -0.39 is 10.0 Å². The first-order chi connectivity index (χ1) is 14.7. The van der Waals surface area contributed by atoms with Crippen LogP contribution in [0.2, 0.25) is 0 Å². The molecule has 2 saturated heterocycles. The van der Waals surface area contributed by atoms with Crippen LogP contribution in [0.4, 0.5) is 0 Å². The lowest BCUT2D eigenvalue weighted by Crippen LogP contribution is -2.50. The number of benzene rings is 1. The largest absolute Gasteiger partial charge is 0.370 e. The number of nitrogens with zero attached hydrogens (tertiary/aromatic N) is 3. The lowest BCUT2D eigenvalue weighted by molar-refractivity contribution is -0.138. The third-order valence-electron chi connectivity index (χ3n) is 6.30. The van der Waals surface area contributed by atoms with Crippen molar-refractivity contribution in [3.05, 3.63) is 28.8 Å². The van der Waals surface area contributed by atoms with Gasteiger partial charge in [-0.25, -0.2) is 8.42 Å². The van der Waals surface area contributed by atoms with Gasteiger partial charge in [-0.05, 0) is 57.7 Å². The molecule has 0 N–H and O–H groups in total. The van der Waals surface area contributed by atoms with E-state index in [1.165, 1.54) is 0 Å². The van der Waals surface area contributed by atoms with Gasteiger partial charge in [0.1, 0.15) is 6.61 Å². The molecule has 0 spiro atoms. The number of aryl methyl sites for hydroxylation is 3. The molecule has 0 aromatic heterocycles. The number of rotatable bonds is 8. The maximum Gasteiger partial charge on any atom is 0.248 e. The first kappa shape index (κ1) is 24.2. The van der Waals surface area contributed by atoms with E-state index in [-0.39, 0.29) is 25.2 Å². The molecular weight excluding hydrogens is 414 g/mol. The van der Waals surface area contributed by atoms with E-state index >= 15 is 0 Å². The van der Waals surface area contributed by atoms with Crippen molar-refractivity contribution in [3.8, 4) is 0 Å². The highest BCUT2D eigenvalue weighted by atomic mass is 32.2. The molecule has 1 atom stereocenters. The van der Waals surface area contributed by atoms with Gasteiger partial charge in [-0.3, -0.25) is 9.69 Å². The van der Waals surface area contributed by atoms with Gasteiger partial charge in [0.15, 0.2) is 0 Å². The van der Waals surface area contributed by atoms with Crippen LogP contribution in [0.5, 0.6) is 0 Å². The van der Waals surface area contributed by atoms with Crippen LogP contribution in [0.3, 0.4) is 0 Å². The average molecular weight is 452 g/mol. The Kier molecular flexibility index (Phi) is 8.13. The molecule has 7 nitrogen and oxygen atoms in total. The van der Waals surface area contributed by atoms with Gasteiger partial charge < -0.3 is 9.64 Å². The second-order valence-corrected chi connectivity index (χ2v) is 10.7. The number of sulfonamides is 1.